The van der Waals surface area contributed by atoms with Crippen LogP contribution >= 0.6 is 0 Å². The molecule has 21 heavy (non-hydrogen) atoms. The molecule has 0 aliphatic heterocycles. The summed E-state index contributed by atoms with van der Waals surface area (Å²) in [7, 11) is 3.34. The summed E-state index contributed by atoms with van der Waals surface area (Å²) in [6.45, 7) is 0. The molecule has 1 heterocycles. The molecule has 0 atom stereocenters. The summed E-state index contributed by atoms with van der Waals surface area (Å²) < 4.78 is 14.5. The molecule has 0 radical (unpaired) electrons. The van der Waals surface area contributed by atoms with E-state index < -0.39 is 0 Å². The van der Waals surface area contributed by atoms with E-state index in [1.165, 1.54) is 0 Å². The average Bonchev–Trinajstić information content (AvgIpc) is 3.05. The Balaban J connectivity index is 1.87. The summed E-state index contributed by atoms with van der Waals surface area (Å²) in [5, 5.41) is 0. The second-order valence-electron chi connectivity index (χ2n) is 4.62. The van der Waals surface area contributed by atoms with E-state index in [-0.39, 0.29) is 0 Å². The number of benzene rings is 2. The number of hydrogen-bond donors (Lipinski definition) is 0. The van der Waals surface area contributed by atoms with Crippen molar-refractivity contribution in [3.63, 3.8) is 0 Å². The largest absolute Gasteiger partial charge is 0.497 e. The predicted octanol–water partition coefficient (Wildman–Crippen LogP) is 2.77. The van der Waals surface area contributed by atoms with Crippen molar-refractivity contribution in [2.24, 2.45) is 0 Å². The molecule has 0 unspecified atom stereocenters. The van der Waals surface area contributed by atoms with Crippen LogP contribution in [0.4, 0.5) is 0 Å². The van der Waals surface area contributed by atoms with Crippen molar-refractivity contribution in [1.82, 2.24) is 4.57 Å². The van der Waals surface area contributed by atoms with Crippen LogP contribution in [0, 0.1) is 0 Å². The van der Waals surface area contributed by atoms with Crippen LogP contribution in [0.2, 0.25) is 0 Å². The van der Waals surface area contributed by atoms with E-state index in [9.17, 15) is 0 Å². The number of hydrogen-bond acceptors (Lipinski definition) is 2. The first-order chi connectivity index (χ1) is 10.3. The molecule has 0 spiro atoms. The first-order valence-corrected chi connectivity index (χ1v) is 6.68. The maximum atomic E-state index is 5.18. The van der Waals surface area contributed by atoms with Crippen molar-refractivity contribution in [1.29, 1.82) is 0 Å². The predicted molar refractivity (Wildman–Crippen MR) is 80.4 cm³/mol. The number of nitrogens with zero attached hydrogens (tertiary/aromatic N) is 2. The standard InChI is InChI=1S/C17H17N2O2/c1-20-16-7-3-14(4-8-16)18-11-12-19(13-18)15-5-9-17(21-2)10-6-15/h3-13H,1-2H3/q+1. The number of rotatable bonds is 4. The first kappa shape index (κ1) is 13.2. The molecule has 106 valence electrons. The third-order valence-electron chi connectivity index (χ3n) is 3.38. The van der Waals surface area contributed by atoms with Crippen molar-refractivity contribution in [3.05, 3.63) is 67.3 Å². The molecule has 4 heteroatoms. The minimum atomic E-state index is 0.855. The monoisotopic (exact) mass is 281 g/mol. The average molecular weight is 281 g/mol. The highest BCUT2D eigenvalue weighted by molar-refractivity contribution is 5.37. The summed E-state index contributed by atoms with van der Waals surface area (Å²) in [4.78, 5) is 0. The molecule has 0 amide bonds. The first-order valence-electron chi connectivity index (χ1n) is 6.68. The summed E-state index contributed by atoms with van der Waals surface area (Å²) in [5.41, 5.74) is 2.17. The zero-order valence-corrected chi connectivity index (χ0v) is 12.1. The van der Waals surface area contributed by atoms with Crippen molar-refractivity contribution in [2.45, 2.75) is 0 Å². The lowest BCUT2D eigenvalue weighted by atomic mass is 10.3. The molecule has 3 aromatic rings. The summed E-state index contributed by atoms with van der Waals surface area (Å²) >= 11 is 0. The van der Waals surface area contributed by atoms with Crippen LogP contribution in [0.25, 0.3) is 11.4 Å². The van der Waals surface area contributed by atoms with E-state index >= 15 is 0 Å². The molecule has 0 aliphatic carbocycles. The topological polar surface area (TPSA) is 27.3 Å². The van der Waals surface area contributed by atoms with Gasteiger partial charge in [0.1, 0.15) is 35.3 Å². The van der Waals surface area contributed by atoms with Gasteiger partial charge in [0.25, 0.3) is 6.33 Å². The molecule has 1 aromatic heterocycles. The number of methoxy groups -OCH3 is 2. The van der Waals surface area contributed by atoms with Crippen LogP contribution in [-0.4, -0.2) is 18.8 Å². The maximum absolute atomic E-state index is 5.18. The zero-order valence-electron chi connectivity index (χ0n) is 12.1. The Morgan fingerprint density at radius 2 is 1.38 bits per heavy atom. The summed E-state index contributed by atoms with van der Waals surface area (Å²) in [6, 6.07) is 15.9. The van der Waals surface area contributed by atoms with Crippen LogP contribution < -0.4 is 14.0 Å². The minimum absolute atomic E-state index is 0.855. The molecule has 3 rings (SSSR count). The van der Waals surface area contributed by atoms with Gasteiger partial charge in [-0.15, -0.1) is 0 Å². The van der Waals surface area contributed by atoms with Gasteiger partial charge in [-0.05, 0) is 48.5 Å². The van der Waals surface area contributed by atoms with E-state index in [0.29, 0.717) is 0 Å². The van der Waals surface area contributed by atoms with Gasteiger partial charge >= 0.3 is 0 Å². The van der Waals surface area contributed by atoms with Gasteiger partial charge in [0.05, 0.1) is 14.2 Å². The molecule has 0 N–H and O–H groups in total. The maximum Gasteiger partial charge on any atom is 0.254 e. The molecular formula is C17H17N2O2+. The van der Waals surface area contributed by atoms with Gasteiger partial charge in [0.2, 0.25) is 0 Å². The molecule has 0 saturated carbocycles. The van der Waals surface area contributed by atoms with E-state index in [4.69, 9.17) is 9.47 Å². The molecule has 0 bridgehead atoms. The third-order valence-corrected chi connectivity index (χ3v) is 3.38. The van der Waals surface area contributed by atoms with Crippen LogP contribution in [0.1, 0.15) is 0 Å². The van der Waals surface area contributed by atoms with Gasteiger partial charge in [-0.2, -0.15) is 0 Å². The van der Waals surface area contributed by atoms with Gasteiger partial charge in [-0.3, -0.25) is 0 Å². The third kappa shape index (κ3) is 2.74. The highest BCUT2D eigenvalue weighted by Crippen LogP contribution is 2.15. The van der Waals surface area contributed by atoms with Crippen molar-refractivity contribution in [3.8, 4) is 22.9 Å². The Morgan fingerprint density at radius 1 is 0.810 bits per heavy atom. The van der Waals surface area contributed by atoms with E-state index in [0.717, 1.165) is 22.9 Å². The Labute approximate surface area is 123 Å². The highest BCUT2D eigenvalue weighted by atomic mass is 16.5. The Hall–Kier alpha value is -2.75. The molecule has 4 nitrogen and oxygen atoms in total. The van der Waals surface area contributed by atoms with Crippen LogP contribution in [0.15, 0.2) is 67.3 Å². The number of imidazole rings is 1. The highest BCUT2D eigenvalue weighted by Gasteiger charge is 2.08. The van der Waals surface area contributed by atoms with Crippen molar-refractivity contribution < 1.29 is 14.0 Å². The van der Waals surface area contributed by atoms with Crippen molar-refractivity contribution in [2.75, 3.05) is 14.2 Å². The number of ether oxygens (including phenoxy) is 2. The fourth-order valence-corrected chi connectivity index (χ4v) is 2.17. The van der Waals surface area contributed by atoms with Crippen LogP contribution in [0.3, 0.4) is 0 Å². The second-order valence-corrected chi connectivity index (χ2v) is 4.62. The fourth-order valence-electron chi connectivity index (χ4n) is 2.17. The van der Waals surface area contributed by atoms with Gasteiger partial charge in [-0.25, -0.2) is 9.13 Å². The van der Waals surface area contributed by atoms with Crippen LogP contribution in [0.5, 0.6) is 11.5 Å². The zero-order chi connectivity index (χ0) is 14.7. The Morgan fingerprint density at radius 3 is 1.95 bits per heavy atom. The Kier molecular flexibility index (Phi) is 3.60. The van der Waals surface area contributed by atoms with E-state index in [1.54, 1.807) is 14.2 Å². The van der Waals surface area contributed by atoms with E-state index in [1.807, 2.05) is 67.3 Å². The molecule has 2 aromatic carbocycles. The molecule has 0 fully saturated rings. The quantitative estimate of drug-likeness (QED) is 0.688. The summed E-state index contributed by atoms with van der Waals surface area (Å²) in [6.07, 6.45) is 6.07. The van der Waals surface area contributed by atoms with E-state index in [2.05, 4.69) is 9.13 Å². The lowest BCUT2D eigenvalue weighted by Crippen LogP contribution is -2.27. The molecule has 0 saturated heterocycles. The normalized spacial score (nSPS) is 10.4. The van der Waals surface area contributed by atoms with Gasteiger partial charge < -0.3 is 9.47 Å². The van der Waals surface area contributed by atoms with Gasteiger partial charge in [0, 0.05) is 0 Å². The second kappa shape index (κ2) is 5.71. The molecule has 0 aliphatic rings. The van der Waals surface area contributed by atoms with Crippen LogP contribution in [-0.2, 0) is 0 Å². The Bertz CT molecular complexity index is 653. The van der Waals surface area contributed by atoms with Gasteiger partial charge in [0.15, 0.2) is 0 Å². The SMILES string of the molecule is COc1ccc(-n2cc[n+](-c3ccc(OC)cc3)c2)cc1. The smallest absolute Gasteiger partial charge is 0.254 e. The molecular weight excluding hydrogens is 264 g/mol. The summed E-state index contributed by atoms with van der Waals surface area (Å²) in [5.74, 6) is 1.71. The minimum Gasteiger partial charge on any atom is -0.497 e. The lowest BCUT2D eigenvalue weighted by Gasteiger charge is -2.00. The van der Waals surface area contributed by atoms with Crippen molar-refractivity contribution >= 4 is 0 Å². The number of aromatic nitrogens is 2. The fraction of sp³-hybridized carbons (Fsp3) is 0.118. The van der Waals surface area contributed by atoms with Gasteiger partial charge in [-0.1, -0.05) is 0 Å². The lowest BCUT2D eigenvalue weighted by molar-refractivity contribution is -0.594.